The minimum atomic E-state index is -0.0770. The minimum Gasteiger partial charge on any atom is -0.491 e. The summed E-state index contributed by atoms with van der Waals surface area (Å²) in [6.07, 6.45) is 0. The third-order valence-corrected chi connectivity index (χ3v) is 5.29. The molecule has 0 unspecified atom stereocenters. The summed E-state index contributed by atoms with van der Waals surface area (Å²) < 4.78 is 10.5. The summed E-state index contributed by atoms with van der Waals surface area (Å²) in [6.45, 7) is 1.54. The van der Waals surface area contributed by atoms with Crippen LogP contribution in [-0.2, 0) is 4.74 Å². The van der Waals surface area contributed by atoms with Crippen LogP contribution in [0.15, 0.2) is 29.3 Å². The molecular weight excluding hydrogens is 364 g/mol. The molecule has 3 rings (SSSR count). The second-order valence-electron chi connectivity index (χ2n) is 5.96. The van der Waals surface area contributed by atoms with Crippen molar-refractivity contribution in [1.29, 1.82) is 10.5 Å². The Morgan fingerprint density at radius 1 is 1.22 bits per heavy atom. The highest BCUT2D eigenvalue weighted by molar-refractivity contribution is 7.99. The van der Waals surface area contributed by atoms with Gasteiger partial charge in [0, 0.05) is 17.2 Å². The molecule has 3 N–H and O–H groups in total. The molecule has 1 saturated heterocycles. The first-order valence-corrected chi connectivity index (χ1v) is 9.34. The van der Waals surface area contributed by atoms with Crippen LogP contribution in [0, 0.1) is 28.6 Å². The summed E-state index contributed by atoms with van der Waals surface area (Å²) in [4.78, 5) is 4.29. The lowest BCUT2D eigenvalue weighted by molar-refractivity contribution is -0.0196. The number of anilines is 1. The van der Waals surface area contributed by atoms with E-state index in [4.69, 9.17) is 20.3 Å². The van der Waals surface area contributed by atoms with Crippen molar-refractivity contribution >= 4 is 17.6 Å². The van der Waals surface area contributed by atoms with Crippen molar-refractivity contribution in [2.45, 2.75) is 5.03 Å². The van der Waals surface area contributed by atoms with Gasteiger partial charge in [-0.2, -0.15) is 10.5 Å². The standard InChI is InChI=1S/C19H18N4O3S/c20-7-15-17(13-1-3-14(4-2-13)26-6-5-24)16(8-21)19(23-18(15)22)27-11-12-9-25-10-12/h1-4,12,24H,5-6,9-11H2,(H2,22,23). The SMILES string of the molecule is N#Cc1c(N)nc(SCC2COC2)c(C#N)c1-c1ccc(OCCO)cc1. The highest BCUT2D eigenvalue weighted by Gasteiger charge is 2.23. The smallest absolute Gasteiger partial charge is 0.143 e. The van der Waals surface area contributed by atoms with Gasteiger partial charge < -0.3 is 20.3 Å². The number of hydrogen-bond acceptors (Lipinski definition) is 8. The van der Waals surface area contributed by atoms with Gasteiger partial charge in [-0.05, 0) is 17.7 Å². The maximum Gasteiger partial charge on any atom is 0.143 e. The Kier molecular flexibility index (Phi) is 6.15. The molecule has 0 amide bonds. The van der Waals surface area contributed by atoms with Crippen LogP contribution in [0.25, 0.3) is 11.1 Å². The lowest BCUT2D eigenvalue weighted by atomic mass is 9.97. The van der Waals surface area contributed by atoms with Crippen LogP contribution in [0.5, 0.6) is 5.75 Å². The van der Waals surface area contributed by atoms with E-state index in [0.717, 1.165) is 5.75 Å². The predicted molar refractivity (Wildman–Crippen MR) is 101 cm³/mol. The van der Waals surface area contributed by atoms with Crippen LogP contribution in [0.1, 0.15) is 11.1 Å². The summed E-state index contributed by atoms with van der Waals surface area (Å²) in [5, 5.41) is 28.7. The van der Waals surface area contributed by atoms with Gasteiger partial charge in [0.05, 0.1) is 25.4 Å². The number of thioether (sulfide) groups is 1. The molecule has 0 saturated carbocycles. The lowest BCUT2D eigenvalue weighted by Gasteiger charge is -2.25. The van der Waals surface area contributed by atoms with Crippen LogP contribution in [0.4, 0.5) is 5.82 Å². The van der Waals surface area contributed by atoms with Crippen molar-refractivity contribution in [1.82, 2.24) is 4.98 Å². The fourth-order valence-corrected chi connectivity index (χ4v) is 3.69. The number of pyridine rings is 1. The molecule has 8 heteroatoms. The van der Waals surface area contributed by atoms with Crippen LogP contribution in [0.2, 0.25) is 0 Å². The van der Waals surface area contributed by atoms with Gasteiger partial charge in [0.1, 0.15) is 40.9 Å². The number of benzene rings is 1. The molecule has 1 aliphatic rings. The zero-order valence-corrected chi connectivity index (χ0v) is 15.3. The summed E-state index contributed by atoms with van der Waals surface area (Å²) in [5.41, 5.74) is 7.70. The molecule has 1 aliphatic heterocycles. The van der Waals surface area contributed by atoms with E-state index in [1.807, 2.05) is 0 Å². The Morgan fingerprint density at radius 2 is 1.93 bits per heavy atom. The number of aromatic nitrogens is 1. The molecule has 1 fully saturated rings. The third kappa shape index (κ3) is 4.15. The van der Waals surface area contributed by atoms with Gasteiger partial charge in [-0.1, -0.05) is 12.1 Å². The monoisotopic (exact) mass is 382 g/mol. The molecule has 0 bridgehead atoms. The van der Waals surface area contributed by atoms with Crippen LogP contribution < -0.4 is 10.5 Å². The fourth-order valence-electron chi connectivity index (χ4n) is 2.65. The second kappa shape index (κ2) is 8.74. The Hall–Kier alpha value is -2.78. The predicted octanol–water partition coefficient (Wildman–Crippen LogP) is 2.18. The summed E-state index contributed by atoms with van der Waals surface area (Å²) in [5.74, 6) is 1.91. The van der Waals surface area contributed by atoms with Gasteiger partial charge in [-0.15, -0.1) is 11.8 Å². The Bertz CT molecular complexity index is 899. The second-order valence-corrected chi connectivity index (χ2v) is 6.97. The van der Waals surface area contributed by atoms with Gasteiger partial charge in [0.2, 0.25) is 0 Å². The van der Waals surface area contributed by atoms with E-state index in [1.54, 1.807) is 24.3 Å². The van der Waals surface area contributed by atoms with Crippen LogP contribution in [-0.4, -0.2) is 42.3 Å². The van der Waals surface area contributed by atoms with Crippen molar-refractivity contribution in [3.63, 3.8) is 0 Å². The number of nitriles is 2. The first-order chi connectivity index (χ1) is 13.2. The van der Waals surface area contributed by atoms with E-state index in [2.05, 4.69) is 17.1 Å². The average molecular weight is 382 g/mol. The Balaban J connectivity index is 2.00. The van der Waals surface area contributed by atoms with Crippen LogP contribution in [0.3, 0.4) is 0 Å². The molecule has 2 aromatic rings. The van der Waals surface area contributed by atoms with E-state index >= 15 is 0 Å². The molecule has 0 radical (unpaired) electrons. The summed E-state index contributed by atoms with van der Waals surface area (Å²) in [7, 11) is 0. The largest absolute Gasteiger partial charge is 0.491 e. The van der Waals surface area contributed by atoms with Crippen molar-refractivity contribution in [2.24, 2.45) is 5.92 Å². The zero-order chi connectivity index (χ0) is 19.2. The summed E-state index contributed by atoms with van der Waals surface area (Å²) in [6, 6.07) is 11.2. The molecule has 7 nitrogen and oxygen atoms in total. The molecule has 0 aliphatic carbocycles. The number of nitrogen functional groups attached to an aromatic ring is 1. The number of nitrogens with two attached hydrogens (primary N) is 1. The number of aliphatic hydroxyl groups is 1. The van der Waals surface area contributed by atoms with E-state index in [9.17, 15) is 10.5 Å². The average Bonchev–Trinajstić information content (AvgIpc) is 2.65. The molecule has 27 heavy (non-hydrogen) atoms. The number of nitrogens with zero attached hydrogens (tertiary/aromatic N) is 3. The number of aliphatic hydroxyl groups excluding tert-OH is 1. The zero-order valence-electron chi connectivity index (χ0n) is 14.5. The van der Waals surface area contributed by atoms with Gasteiger partial charge >= 0.3 is 0 Å². The molecular formula is C19H18N4O3S. The first kappa shape index (κ1) is 19.0. The molecule has 0 atom stereocenters. The maximum atomic E-state index is 9.75. The molecule has 0 spiro atoms. The molecule has 1 aromatic carbocycles. The lowest BCUT2D eigenvalue weighted by Crippen LogP contribution is -2.29. The first-order valence-electron chi connectivity index (χ1n) is 8.36. The highest BCUT2D eigenvalue weighted by Crippen LogP contribution is 2.37. The molecule has 138 valence electrons. The normalized spacial score (nSPS) is 13.4. The quantitative estimate of drug-likeness (QED) is 0.698. The van der Waals surface area contributed by atoms with Crippen LogP contribution >= 0.6 is 11.8 Å². The van der Waals surface area contributed by atoms with Crippen molar-refractivity contribution in [2.75, 3.05) is 37.9 Å². The van der Waals surface area contributed by atoms with E-state index in [0.29, 0.717) is 46.6 Å². The third-order valence-electron chi connectivity index (χ3n) is 4.08. The maximum absolute atomic E-state index is 9.75. The fraction of sp³-hybridized carbons (Fsp3) is 0.316. The molecule has 1 aromatic heterocycles. The summed E-state index contributed by atoms with van der Waals surface area (Å²) >= 11 is 1.46. The topological polar surface area (TPSA) is 125 Å². The van der Waals surface area contributed by atoms with Gasteiger partial charge in [-0.25, -0.2) is 4.98 Å². The van der Waals surface area contributed by atoms with Crippen molar-refractivity contribution in [3.05, 3.63) is 35.4 Å². The van der Waals surface area contributed by atoms with Crippen molar-refractivity contribution in [3.8, 4) is 29.0 Å². The van der Waals surface area contributed by atoms with Gasteiger partial charge in [0.25, 0.3) is 0 Å². The van der Waals surface area contributed by atoms with Gasteiger partial charge in [0.15, 0.2) is 0 Å². The van der Waals surface area contributed by atoms with E-state index in [1.165, 1.54) is 11.8 Å². The van der Waals surface area contributed by atoms with E-state index in [-0.39, 0.29) is 24.6 Å². The number of rotatable bonds is 7. The van der Waals surface area contributed by atoms with Gasteiger partial charge in [-0.3, -0.25) is 0 Å². The number of ether oxygens (including phenoxy) is 2. The van der Waals surface area contributed by atoms with Crippen molar-refractivity contribution < 1.29 is 14.6 Å². The van der Waals surface area contributed by atoms with E-state index < -0.39 is 0 Å². The molecule has 2 heterocycles. The Labute approximate surface area is 161 Å². The highest BCUT2D eigenvalue weighted by atomic mass is 32.2. The number of hydrogen-bond donors (Lipinski definition) is 2. The minimum absolute atomic E-state index is 0.0770. The Morgan fingerprint density at radius 3 is 2.48 bits per heavy atom.